The molecule has 0 fully saturated rings. The average molecular weight is 266 g/mol. The summed E-state index contributed by atoms with van der Waals surface area (Å²) in [5, 5.41) is 13.9. The third kappa shape index (κ3) is 2.89. The Kier molecular flexibility index (Phi) is 4.33. The van der Waals surface area contributed by atoms with Crippen LogP contribution in [0.5, 0.6) is 0 Å². The van der Waals surface area contributed by atoms with Gasteiger partial charge in [-0.05, 0) is 31.0 Å². The molecule has 96 valence electrons. The SMILES string of the molecule is CCC(CCO)Nc1ncnc2cc(Cl)ccc12. The van der Waals surface area contributed by atoms with Gasteiger partial charge in [0.15, 0.2) is 0 Å². The van der Waals surface area contributed by atoms with Gasteiger partial charge in [-0.1, -0.05) is 18.5 Å². The topological polar surface area (TPSA) is 58.0 Å². The lowest BCUT2D eigenvalue weighted by atomic mass is 10.1. The van der Waals surface area contributed by atoms with Crippen molar-refractivity contribution in [2.75, 3.05) is 11.9 Å². The number of rotatable bonds is 5. The van der Waals surface area contributed by atoms with Crippen molar-refractivity contribution < 1.29 is 5.11 Å². The van der Waals surface area contributed by atoms with Gasteiger partial charge in [-0.25, -0.2) is 9.97 Å². The minimum absolute atomic E-state index is 0.167. The third-order valence-electron chi connectivity index (χ3n) is 2.91. The molecule has 0 bridgehead atoms. The molecule has 0 aliphatic heterocycles. The summed E-state index contributed by atoms with van der Waals surface area (Å²) in [6.07, 6.45) is 3.15. The number of nitrogens with zero attached hydrogens (tertiary/aromatic N) is 2. The van der Waals surface area contributed by atoms with Crippen LogP contribution in [-0.4, -0.2) is 27.7 Å². The molecule has 0 radical (unpaired) electrons. The predicted octanol–water partition coefficient (Wildman–Crippen LogP) is 2.86. The largest absolute Gasteiger partial charge is 0.396 e. The van der Waals surface area contributed by atoms with Crippen molar-refractivity contribution in [1.29, 1.82) is 0 Å². The van der Waals surface area contributed by atoms with E-state index in [4.69, 9.17) is 16.7 Å². The maximum absolute atomic E-state index is 9.01. The van der Waals surface area contributed by atoms with Crippen LogP contribution < -0.4 is 5.32 Å². The number of aliphatic hydroxyl groups excluding tert-OH is 1. The molecule has 2 aromatic rings. The van der Waals surface area contributed by atoms with Gasteiger partial charge < -0.3 is 10.4 Å². The summed E-state index contributed by atoms with van der Waals surface area (Å²) >= 11 is 5.94. The third-order valence-corrected chi connectivity index (χ3v) is 3.14. The predicted molar refractivity (Wildman–Crippen MR) is 74.0 cm³/mol. The molecule has 1 atom stereocenters. The van der Waals surface area contributed by atoms with Gasteiger partial charge in [-0.2, -0.15) is 0 Å². The molecule has 5 heteroatoms. The van der Waals surface area contributed by atoms with Gasteiger partial charge in [0.2, 0.25) is 0 Å². The Balaban J connectivity index is 2.32. The van der Waals surface area contributed by atoms with Gasteiger partial charge in [-0.3, -0.25) is 0 Å². The van der Waals surface area contributed by atoms with E-state index < -0.39 is 0 Å². The quantitative estimate of drug-likeness (QED) is 0.873. The van der Waals surface area contributed by atoms with Crippen molar-refractivity contribution >= 4 is 28.3 Å². The van der Waals surface area contributed by atoms with Crippen LogP contribution in [0.1, 0.15) is 19.8 Å². The van der Waals surface area contributed by atoms with Crippen LogP contribution in [0.25, 0.3) is 10.9 Å². The van der Waals surface area contributed by atoms with E-state index in [9.17, 15) is 0 Å². The number of hydrogen-bond acceptors (Lipinski definition) is 4. The highest BCUT2D eigenvalue weighted by molar-refractivity contribution is 6.31. The Morgan fingerprint density at radius 3 is 2.94 bits per heavy atom. The lowest BCUT2D eigenvalue weighted by Crippen LogP contribution is -2.20. The van der Waals surface area contributed by atoms with Crippen LogP contribution in [-0.2, 0) is 0 Å². The average Bonchev–Trinajstić information content (AvgIpc) is 2.38. The summed E-state index contributed by atoms with van der Waals surface area (Å²) in [6, 6.07) is 5.76. The van der Waals surface area contributed by atoms with Crippen LogP contribution in [0.2, 0.25) is 5.02 Å². The molecule has 1 unspecified atom stereocenters. The minimum atomic E-state index is 0.167. The monoisotopic (exact) mass is 265 g/mol. The lowest BCUT2D eigenvalue weighted by molar-refractivity contribution is 0.278. The number of fused-ring (bicyclic) bond motifs is 1. The summed E-state index contributed by atoms with van der Waals surface area (Å²) in [5.74, 6) is 0.789. The zero-order chi connectivity index (χ0) is 13.0. The first-order chi connectivity index (χ1) is 8.74. The van der Waals surface area contributed by atoms with Gasteiger partial charge >= 0.3 is 0 Å². The Morgan fingerprint density at radius 1 is 1.39 bits per heavy atom. The Labute approximate surface area is 111 Å². The number of aromatic nitrogens is 2. The van der Waals surface area contributed by atoms with Crippen molar-refractivity contribution in [3.8, 4) is 0 Å². The molecule has 0 amide bonds. The van der Waals surface area contributed by atoms with Crippen molar-refractivity contribution in [1.82, 2.24) is 9.97 Å². The molecule has 0 aliphatic rings. The number of nitrogens with one attached hydrogen (secondary N) is 1. The van der Waals surface area contributed by atoms with Crippen LogP contribution in [0, 0.1) is 0 Å². The highest BCUT2D eigenvalue weighted by atomic mass is 35.5. The van der Waals surface area contributed by atoms with Crippen molar-refractivity contribution in [2.45, 2.75) is 25.8 Å². The molecule has 0 spiro atoms. The lowest BCUT2D eigenvalue weighted by Gasteiger charge is -2.17. The molecule has 18 heavy (non-hydrogen) atoms. The second kappa shape index (κ2) is 5.98. The van der Waals surface area contributed by atoms with Gasteiger partial charge in [0.1, 0.15) is 12.1 Å². The highest BCUT2D eigenvalue weighted by Crippen LogP contribution is 2.23. The summed E-state index contributed by atoms with van der Waals surface area (Å²) in [7, 11) is 0. The van der Waals surface area contributed by atoms with Crippen LogP contribution >= 0.6 is 11.6 Å². The zero-order valence-electron chi connectivity index (χ0n) is 10.2. The number of halogens is 1. The fourth-order valence-electron chi connectivity index (χ4n) is 1.87. The zero-order valence-corrected chi connectivity index (χ0v) is 11.0. The fourth-order valence-corrected chi connectivity index (χ4v) is 2.04. The molecule has 1 aromatic carbocycles. The smallest absolute Gasteiger partial charge is 0.137 e. The van der Waals surface area contributed by atoms with Crippen LogP contribution in [0.15, 0.2) is 24.5 Å². The van der Waals surface area contributed by atoms with Gasteiger partial charge in [0.05, 0.1) is 5.52 Å². The molecule has 0 aliphatic carbocycles. The number of hydrogen-bond donors (Lipinski definition) is 2. The molecule has 4 nitrogen and oxygen atoms in total. The van der Waals surface area contributed by atoms with E-state index in [0.29, 0.717) is 11.4 Å². The van der Waals surface area contributed by atoms with Crippen LogP contribution in [0.3, 0.4) is 0 Å². The maximum atomic E-state index is 9.01. The van der Waals surface area contributed by atoms with Gasteiger partial charge in [-0.15, -0.1) is 0 Å². The second-order valence-electron chi connectivity index (χ2n) is 4.15. The van der Waals surface area contributed by atoms with Gasteiger partial charge in [0.25, 0.3) is 0 Å². The Bertz CT molecular complexity index is 533. The highest BCUT2D eigenvalue weighted by Gasteiger charge is 2.09. The summed E-state index contributed by atoms with van der Waals surface area (Å²) in [4.78, 5) is 8.46. The minimum Gasteiger partial charge on any atom is -0.396 e. The van der Waals surface area contributed by atoms with E-state index in [1.54, 1.807) is 0 Å². The molecule has 2 N–H and O–H groups in total. The van der Waals surface area contributed by atoms with E-state index in [2.05, 4.69) is 22.2 Å². The summed E-state index contributed by atoms with van der Waals surface area (Å²) in [6.45, 7) is 2.24. The summed E-state index contributed by atoms with van der Waals surface area (Å²) < 4.78 is 0. The Hall–Kier alpha value is -1.39. The molecule has 1 aromatic heterocycles. The van der Waals surface area contributed by atoms with E-state index >= 15 is 0 Å². The fraction of sp³-hybridized carbons (Fsp3) is 0.385. The standard InChI is InChI=1S/C13H16ClN3O/c1-2-10(5-6-18)17-13-11-4-3-9(14)7-12(11)15-8-16-13/h3-4,7-8,10,18H,2,5-6H2,1H3,(H,15,16,17). The Morgan fingerprint density at radius 2 is 2.22 bits per heavy atom. The van der Waals surface area contributed by atoms with E-state index in [1.807, 2.05) is 18.2 Å². The molecular formula is C13H16ClN3O. The first kappa shape index (κ1) is 13.1. The van der Waals surface area contributed by atoms with E-state index in [0.717, 1.165) is 23.1 Å². The molecule has 1 heterocycles. The normalized spacial score (nSPS) is 12.6. The first-order valence-corrected chi connectivity index (χ1v) is 6.40. The molecule has 0 saturated heterocycles. The number of anilines is 1. The van der Waals surface area contributed by atoms with Gasteiger partial charge in [0, 0.05) is 23.1 Å². The van der Waals surface area contributed by atoms with Crippen molar-refractivity contribution in [3.05, 3.63) is 29.5 Å². The van der Waals surface area contributed by atoms with E-state index in [-0.39, 0.29) is 12.6 Å². The van der Waals surface area contributed by atoms with Crippen LogP contribution in [0.4, 0.5) is 5.82 Å². The molecule has 2 rings (SSSR count). The summed E-state index contributed by atoms with van der Waals surface area (Å²) in [5.41, 5.74) is 0.818. The number of benzene rings is 1. The molecule has 0 saturated carbocycles. The van der Waals surface area contributed by atoms with Crippen molar-refractivity contribution in [2.24, 2.45) is 0 Å². The maximum Gasteiger partial charge on any atom is 0.137 e. The molecular weight excluding hydrogens is 250 g/mol. The second-order valence-corrected chi connectivity index (χ2v) is 4.58. The first-order valence-electron chi connectivity index (χ1n) is 6.02. The van der Waals surface area contributed by atoms with Crippen molar-refractivity contribution in [3.63, 3.8) is 0 Å². The van der Waals surface area contributed by atoms with E-state index in [1.165, 1.54) is 6.33 Å². The number of aliphatic hydroxyl groups is 1.